The minimum atomic E-state index is -4.44. The Kier molecular flexibility index (Phi) is 31.6. The largest absolute Gasteiger partial charge is 0.472 e. The van der Waals surface area contributed by atoms with E-state index < -0.39 is 38.6 Å². The van der Waals surface area contributed by atoms with Crippen molar-refractivity contribution >= 4 is 19.8 Å². The average molecular weight is 824 g/mol. The highest BCUT2D eigenvalue weighted by Gasteiger charge is 2.26. The molecule has 0 radical (unpaired) electrons. The first-order valence-corrected chi connectivity index (χ1v) is 23.4. The number of hydrogen-bond donors (Lipinski definition) is 3. The van der Waals surface area contributed by atoms with Crippen LogP contribution in [0.4, 0.5) is 0 Å². The molecule has 1 aromatic heterocycles. The molecule has 1 aromatic rings. The molecule has 12 heteroatoms. The quantitative estimate of drug-likeness (QED) is 0.0192. The van der Waals surface area contributed by atoms with Gasteiger partial charge in [0.05, 0.1) is 19.3 Å². The van der Waals surface area contributed by atoms with E-state index in [2.05, 4.69) is 39.8 Å². The second-order valence-corrected chi connectivity index (χ2v) is 16.4. The number of esters is 2. The van der Waals surface area contributed by atoms with Crippen LogP contribution in [0.2, 0.25) is 0 Å². The van der Waals surface area contributed by atoms with Crippen molar-refractivity contribution in [3.8, 4) is 0 Å². The van der Waals surface area contributed by atoms with E-state index in [-0.39, 0.29) is 32.6 Å². The van der Waals surface area contributed by atoms with Gasteiger partial charge in [0.25, 0.3) is 0 Å². The van der Waals surface area contributed by atoms with Gasteiger partial charge in [-0.1, -0.05) is 121 Å². The normalized spacial score (nSPS) is 14.2. The van der Waals surface area contributed by atoms with Crippen molar-refractivity contribution in [2.24, 2.45) is 5.73 Å². The molecule has 0 saturated carbocycles. The van der Waals surface area contributed by atoms with Crippen molar-refractivity contribution in [3.63, 3.8) is 0 Å². The lowest BCUT2D eigenvalue weighted by molar-refractivity contribution is -0.161. The summed E-state index contributed by atoms with van der Waals surface area (Å²) < 4.78 is 38.8. The van der Waals surface area contributed by atoms with Crippen LogP contribution in [0.3, 0.4) is 0 Å². The van der Waals surface area contributed by atoms with Crippen LogP contribution in [0.5, 0.6) is 0 Å². The summed E-state index contributed by atoms with van der Waals surface area (Å²) in [7, 11) is -4.44. The number of phosphoric ester groups is 1. The van der Waals surface area contributed by atoms with E-state index in [1.807, 2.05) is 12.2 Å². The van der Waals surface area contributed by atoms with Gasteiger partial charge in [-0.25, -0.2) is 4.57 Å². The number of carbonyl (C=O) groups is 2. The van der Waals surface area contributed by atoms with Gasteiger partial charge in [0.1, 0.15) is 18.1 Å². The second kappa shape index (κ2) is 34.3. The van der Waals surface area contributed by atoms with Gasteiger partial charge in [0.2, 0.25) is 0 Å². The topological polar surface area (TPSA) is 168 Å². The van der Waals surface area contributed by atoms with Gasteiger partial charge in [-0.3, -0.25) is 18.6 Å². The number of unbranched alkanes of at least 4 members (excludes halogenated alkanes) is 13. The van der Waals surface area contributed by atoms with Crippen LogP contribution in [-0.4, -0.2) is 60.5 Å². The lowest BCUT2D eigenvalue weighted by atomic mass is 10.0. The molecule has 0 aliphatic carbocycles. The molecule has 0 aromatic carbocycles. The van der Waals surface area contributed by atoms with Gasteiger partial charge >= 0.3 is 19.8 Å². The third-order valence-corrected chi connectivity index (χ3v) is 10.8. The fraction of sp³-hybridized carbons (Fsp3) is 0.733. The number of allylic oxidation sites excluding steroid dienone is 5. The molecule has 3 atom stereocenters. The van der Waals surface area contributed by atoms with Crippen LogP contribution in [0.25, 0.3) is 0 Å². The number of carbonyl (C=O) groups excluding carboxylic acids is 2. The van der Waals surface area contributed by atoms with Crippen molar-refractivity contribution in [1.82, 2.24) is 0 Å². The summed E-state index contributed by atoms with van der Waals surface area (Å²) in [6, 6.07) is 0. The molecule has 0 bridgehead atoms. The Balaban J connectivity index is 2.32. The number of nitrogens with two attached hydrogens (primary N) is 1. The van der Waals surface area contributed by atoms with E-state index in [0.717, 1.165) is 75.7 Å². The zero-order chi connectivity index (χ0) is 42.0. The maximum Gasteiger partial charge on any atom is 0.472 e. The van der Waals surface area contributed by atoms with E-state index in [1.165, 1.54) is 62.5 Å². The summed E-state index contributed by atoms with van der Waals surface area (Å²) in [4.78, 5) is 35.0. The molecule has 0 spiro atoms. The number of hydrogen-bond acceptors (Lipinski definition) is 10. The molecule has 0 aliphatic heterocycles. The third kappa shape index (κ3) is 28.5. The first kappa shape index (κ1) is 52.5. The van der Waals surface area contributed by atoms with E-state index in [0.29, 0.717) is 19.3 Å². The van der Waals surface area contributed by atoms with Gasteiger partial charge in [0.15, 0.2) is 6.10 Å². The average Bonchev–Trinajstić information content (AvgIpc) is 3.45. The molecule has 11 nitrogen and oxygen atoms in total. The number of phosphoric acid groups is 1. The Morgan fingerprint density at radius 2 is 1.37 bits per heavy atom. The van der Waals surface area contributed by atoms with Gasteiger partial charge in [-0.05, 0) is 76.3 Å². The maximum absolute atomic E-state index is 12.6. The van der Waals surface area contributed by atoms with Crippen LogP contribution in [0.1, 0.15) is 171 Å². The number of aliphatic hydroxyl groups excluding tert-OH is 1. The standard InChI is InChI=1S/C45H78NO10P/c1-5-7-8-9-10-11-12-13-14-15-18-21-24-29-40(47)30-27-33-45(49)55-41(37-54-57(50,51)53-35-34-46)36-52-44(48)32-26-23-20-17-16-19-22-25-31-43-39(4)38(3)42(56-43)28-6-2/h13-14,18,21,24,29,40-41,47H,5-12,15-17,19-20,22-23,25-28,30-37,46H2,1-4H3,(H,50,51)/b14-13+,21-18+,29-24+/t40?,41-/m1/s1. The van der Waals surface area contributed by atoms with Gasteiger partial charge in [-0.2, -0.15) is 0 Å². The highest BCUT2D eigenvalue weighted by molar-refractivity contribution is 7.47. The van der Waals surface area contributed by atoms with Gasteiger partial charge in [0, 0.05) is 32.2 Å². The van der Waals surface area contributed by atoms with Crippen molar-refractivity contribution in [1.29, 1.82) is 0 Å². The Bertz CT molecular complexity index is 1320. The maximum atomic E-state index is 12.6. The van der Waals surface area contributed by atoms with E-state index in [9.17, 15) is 24.2 Å². The minimum absolute atomic E-state index is 0.00171. The zero-order valence-electron chi connectivity index (χ0n) is 35.9. The van der Waals surface area contributed by atoms with E-state index in [4.69, 9.17) is 28.7 Å². The highest BCUT2D eigenvalue weighted by atomic mass is 31.2. The lowest BCUT2D eigenvalue weighted by Gasteiger charge is -2.20. The van der Waals surface area contributed by atoms with Crippen LogP contribution in [-0.2, 0) is 45.5 Å². The summed E-state index contributed by atoms with van der Waals surface area (Å²) in [6.07, 6.45) is 32.0. The summed E-state index contributed by atoms with van der Waals surface area (Å²) in [5.74, 6) is 1.23. The molecule has 0 saturated heterocycles. The summed E-state index contributed by atoms with van der Waals surface area (Å²) in [6.45, 7) is 7.71. The smallest absolute Gasteiger partial charge is 0.466 e. The molecule has 1 rings (SSSR count). The Labute approximate surface area is 344 Å². The molecule has 4 N–H and O–H groups in total. The van der Waals surface area contributed by atoms with Crippen LogP contribution < -0.4 is 5.73 Å². The molecule has 0 aliphatic rings. The molecule has 1 heterocycles. The molecule has 0 fully saturated rings. The Hall–Kier alpha value is -2.53. The molecular weight excluding hydrogens is 745 g/mol. The van der Waals surface area contributed by atoms with Crippen molar-refractivity contribution in [3.05, 3.63) is 59.1 Å². The van der Waals surface area contributed by atoms with Crippen LogP contribution >= 0.6 is 7.82 Å². The molecule has 0 amide bonds. The van der Waals surface area contributed by atoms with E-state index >= 15 is 0 Å². The number of aliphatic hydroxyl groups is 1. The zero-order valence-corrected chi connectivity index (χ0v) is 36.8. The number of furan rings is 1. The summed E-state index contributed by atoms with van der Waals surface area (Å²) in [5, 5.41) is 10.3. The fourth-order valence-electron chi connectivity index (χ4n) is 6.28. The third-order valence-electron chi connectivity index (χ3n) is 9.81. The second-order valence-electron chi connectivity index (χ2n) is 15.0. The SMILES string of the molecule is CCCCCCCC/C=C/C/C=C/C=C/C(O)CCCC(=O)O[C@H](COC(=O)CCCCCCCCCCc1oc(CCC)c(C)c1C)COP(=O)(O)OCCN. The van der Waals surface area contributed by atoms with Crippen molar-refractivity contribution in [2.75, 3.05) is 26.4 Å². The van der Waals surface area contributed by atoms with Crippen molar-refractivity contribution < 1.29 is 47.1 Å². The lowest BCUT2D eigenvalue weighted by Crippen LogP contribution is -2.29. The monoisotopic (exact) mass is 824 g/mol. The highest BCUT2D eigenvalue weighted by Crippen LogP contribution is 2.43. The predicted molar refractivity (Wildman–Crippen MR) is 229 cm³/mol. The number of ether oxygens (including phenoxy) is 2. The first-order valence-electron chi connectivity index (χ1n) is 21.9. The first-order chi connectivity index (χ1) is 27.5. The predicted octanol–water partition coefficient (Wildman–Crippen LogP) is 10.8. The molecule has 328 valence electrons. The van der Waals surface area contributed by atoms with E-state index in [1.54, 1.807) is 12.2 Å². The van der Waals surface area contributed by atoms with Gasteiger partial charge in [-0.15, -0.1) is 0 Å². The molecular formula is C45H78NO10P. The van der Waals surface area contributed by atoms with Crippen LogP contribution in [0.15, 0.2) is 40.9 Å². The summed E-state index contributed by atoms with van der Waals surface area (Å²) in [5.41, 5.74) is 7.95. The van der Waals surface area contributed by atoms with Gasteiger partial charge < -0.3 is 29.6 Å². The number of aryl methyl sites for hydroxylation is 2. The Morgan fingerprint density at radius 1 is 0.737 bits per heavy atom. The minimum Gasteiger partial charge on any atom is -0.466 e. The molecule has 57 heavy (non-hydrogen) atoms. The van der Waals surface area contributed by atoms with Crippen LogP contribution in [0, 0.1) is 13.8 Å². The number of rotatable bonds is 37. The summed E-state index contributed by atoms with van der Waals surface area (Å²) >= 11 is 0. The Morgan fingerprint density at radius 3 is 2.05 bits per heavy atom. The molecule has 2 unspecified atom stereocenters. The fourth-order valence-corrected chi connectivity index (χ4v) is 7.04. The van der Waals surface area contributed by atoms with Crippen molar-refractivity contribution in [2.45, 2.75) is 188 Å².